The molecule has 0 unspecified atom stereocenters. The molecular weight excluding hydrogens is 176 g/mol. The van der Waals surface area contributed by atoms with Gasteiger partial charge in [-0.05, 0) is 12.8 Å². The van der Waals surface area contributed by atoms with Crippen LogP contribution in [0.1, 0.15) is 60.3 Å². The average molecular weight is 202 g/mol. The molecule has 2 heteroatoms. The quantitative estimate of drug-likeness (QED) is 0.501. The molecule has 0 radical (unpaired) electrons. The Labute approximate surface area is 89.0 Å². The van der Waals surface area contributed by atoms with Gasteiger partial charge in [0.1, 0.15) is 0 Å². The molecule has 0 aliphatic rings. The minimum absolute atomic E-state index is 0.211. The highest BCUT2D eigenvalue weighted by atomic mass is 16.5. The molecule has 2 nitrogen and oxygen atoms in total. The molecule has 0 saturated heterocycles. The van der Waals surface area contributed by atoms with E-state index in [1.165, 1.54) is 32.6 Å². The largest absolute Gasteiger partial charge is 0.466 e. The molecule has 14 heavy (non-hydrogen) atoms. The summed E-state index contributed by atoms with van der Waals surface area (Å²) in [6.45, 7) is 10.5. The fourth-order valence-electron chi connectivity index (χ4n) is 1.01. The number of rotatable bonds is 5. The lowest BCUT2D eigenvalue weighted by molar-refractivity contribution is -0.140. The highest BCUT2D eigenvalue weighted by Gasteiger charge is 1.90. The van der Waals surface area contributed by atoms with Gasteiger partial charge in [-0.15, -0.1) is 0 Å². The lowest BCUT2D eigenvalue weighted by atomic mass is 10.1. The smallest absolute Gasteiger partial charge is 0.302 e. The van der Waals surface area contributed by atoms with E-state index >= 15 is 0 Å². The molecule has 0 aliphatic carbocycles. The van der Waals surface area contributed by atoms with Crippen LogP contribution in [0.5, 0.6) is 0 Å². The third-order valence-electron chi connectivity index (χ3n) is 1.73. The molecule has 0 aromatic rings. The van der Waals surface area contributed by atoms with Crippen molar-refractivity contribution in [3.05, 3.63) is 0 Å². The molecule has 0 atom stereocenters. The number of hydrogen-bond donors (Lipinski definition) is 0. The van der Waals surface area contributed by atoms with Crippen LogP contribution in [0.25, 0.3) is 0 Å². The highest BCUT2D eigenvalue weighted by Crippen LogP contribution is 2.06. The normalized spacial score (nSPS) is 9.29. The van der Waals surface area contributed by atoms with E-state index in [4.69, 9.17) is 0 Å². The van der Waals surface area contributed by atoms with Crippen molar-refractivity contribution < 1.29 is 9.53 Å². The lowest BCUT2D eigenvalue weighted by Gasteiger charge is -2.00. The Kier molecular flexibility index (Phi) is 14.2. The molecule has 0 fully saturated rings. The predicted molar refractivity (Wildman–Crippen MR) is 61.3 cm³/mol. The number of carbonyl (C=O) groups is 1. The van der Waals surface area contributed by atoms with Gasteiger partial charge in [0.25, 0.3) is 0 Å². The first-order valence-electron chi connectivity index (χ1n) is 5.67. The Morgan fingerprint density at radius 2 is 1.79 bits per heavy atom. The van der Waals surface area contributed by atoms with Crippen LogP contribution in [0.15, 0.2) is 0 Å². The summed E-state index contributed by atoms with van der Waals surface area (Å²) in [7, 11) is 0. The minimum atomic E-state index is -0.211. The molecule has 0 bridgehead atoms. The maximum Gasteiger partial charge on any atom is 0.302 e. The summed E-state index contributed by atoms with van der Waals surface area (Å²) in [6.07, 6.45) is 5.60. The average Bonchev–Trinajstić information content (AvgIpc) is 2.05. The zero-order chi connectivity index (χ0) is 11.4. The van der Waals surface area contributed by atoms with Crippen LogP contribution in [0.2, 0.25) is 0 Å². The van der Waals surface area contributed by atoms with E-state index in [-0.39, 0.29) is 5.97 Å². The SMILES string of the molecule is CCCCCC(C)C.CCOC(C)=O. The van der Waals surface area contributed by atoms with E-state index in [1.54, 1.807) is 6.92 Å². The molecule has 0 heterocycles. The minimum Gasteiger partial charge on any atom is -0.466 e. The number of hydrogen-bond acceptors (Lipinski definition) is 2. The molecular formula is C12H26O2. The topological polar surface area (TPSA) is 26.3 Å². The zero-order valence-corrected chi connectivity index (χ0v) is 10.4. The fourth-order valence-corrected chi connectivity index (χ4v) is 1.01. The van der Waals surface area contributed by atoms with Gasteiger partial charge in [-0.2, -0.15) is 0 Å². The molecule has 0 amide bonds. The van der Waals surface area contributed by atoms with Crippen LogP contribution in [-0.4, -0.2) is 12.6 Å². The number of unbranched alkanes of at least 4 members (excludes halogenated alkanes) is 2. The van der Waals surface area contributed by atoms with Gasteiger partial charge in [0.15, 0.2) is 0 Å². The van der Waals surface area contributed by atoms with Gasteiger partial charge in [-0.3, -0.25) is 4.79 Å². The predicted octanol–water partition coefficient (Wildman–Crippen LogP) is 3.79. The van der Waals surface area contributed by atoms with Crippen LogP contribution < -0.4 is 0 Å². The Bertz CT molecular complexity index is 119. The molecule has 0 rings (SSSR count). The van der Waals surface area contributed by atoms with Crippen molar-refractivity contribution in [1.82, 2.24) is 0 Å². The van der Waals surface area contributed by atoms with Gasteiger partial charge in [-0.25, -0.2) is 0 Å². The first-order valence-corrected chi connectivity index (χ1v) is 5.67. The number of carbonyl (C=O) groups excluding carboxylic acids is 1. The van der Waals surface area contributed by atoms with Crippen LogP contribution in [-0.2, 0) is 9.53 Å². The monoisotopic (exact) mass is 202 g/mol. The first kappa shape index (κ1) is 15.9. The maximum absolute atomic E-state index is 9.82. The van der Waals surface area contributed by atoms with E-state index in [0.29, 0.717) is 6.61 Å². The second-order valence-corrected chi connectivity index (χ2v) is 3.81. The van der Waals surface area contributed by atoms with E-state index in [1.807, 2.05) is 0 Å². The van der Waals surface area contributed by atoms with Crippen molar-refractivity contribution >= 4 is 5.97 Å². The van der Waals surface area contributed by atoms with Crippen molar-refractivity contribution in [3.8, 4) is 0 Å². The van der Waals surface area contributed by atoms with Gasteiger partial charge in [-0.1, -0.05) is 46.5 Å². The third kappa shape index (κ3) is 22.5. The van der Waals surface area contributed by atoms with Crippen LogP contribution >= 0.6 is 0 Å². The number of ether oxygens (including phenoxy) is 1. The fraction of sp³-hybridized carbons (Fsp3) is 0.917. The van der Waals surface area contributed by atoms with Crippen molar-refractivity contribution in [1.29, 1.82) is 0 Å². The summed E-state index contributed by atoms with van der Waals surface area (Å²) in [5.41, 5.74) is 0. The Hall–Kier alpha value is -0.530. The van der Waals surface area contributed by atoms with E-state index in [0.717, 1.165) is 5.92 Å². The lowest BCUT2D eigenvalue weighted by Crippen LogP contribution is -1.95. The van der Waals surface area contributed by atoms with E-state index < -0.39 is 0 Å². The standard InChI is InChI=1S/C8H18.C4H8O2/c1-4-5-6-7-8(2)3;1-3-6-4(2)5/h8H,4-7H2,1-3H3;3H2,1-2H3. The molecule has 0 N–H and O–H groups in total. The summed E-state index contributed by atoms with van der Waals surface area (Å²) in [4.78, 5) is 9.82. The van der Waals surface area contributed by atoms with Gasteiger partial charge < -0.3 is 4.74 Å². The number of esters is 1. The van der Waals surface area contributed by atoms with E-state index in [9.17, 15) is 4.79 Å². The summed E-state index contributed by atoms with van der Waals surface area (Å²) >= 11 is 0. The summed E-state index contributed by atoms with van der Waals surface area (Å²) < 4.78 is 4.40. The Morgan fingerprint density at radius 1 is 1.21 bits per heavy atom. The van der Waals surface area contributed by atoms with Gasteiger partial charge in [0, 0.05) is 6.92 Å². The Balaban J connectivity index is 0. The second-order valence-electron chi connectivity index (χ2n) is 3.81. The van der Waals surface area contributed by atoms with Crippen LogP contribution in [0.4, 0.5) is 0 Å². The third-order valence-corrected chi connectivity index (χ3v) is 1.73. The summed E-state index contributed by atoms with van der Waals surface area (Å²) in [6, 6.07) is 0. The van der Waals surface area contributed by atoms with Crippen LogP contribution in [0.3, 0.4) is 0 Å². The first-order chi connectivity index (χ1) is 6.54. The molecule has 86 valence electrons. The van der Waals surface area contributed by atoms with Gasteiger partial charge >= 0.3 is 5.97 Å². The van der Waals surface area contributed by atoms with Crippen molar-refractivity contribution in [3.63, 3.8) is 0 Å². The molecule has 0 aromatic heterocycles. The highest BCUT2D eigenvalue weighted by molar-refractivity contribution is 5.65. The van der Waals surface area contributed by atoms with Crippen molar-refractivity contribution in [2.24, 2.45) is 5.92 Å². The molecule has 0 spiro atoms. The Morgan fingerprint density at radius 3 is 2.00 bits per heavy atom. The molecule has 0 aliphatic heterocycles. The molecule has 0 saturated carbocycles. The van der Waals surface area contributed by atoms with Crippen molar-refractivity contribution in [2.45, 2.75) is 60.3 Å². The van der Waals surface area contributed by atoms with E-state index in [2.05, 4.69) is 25.5 Å². The summed E-state index contributed by atoms with van der Waals surface area (Å²) in [5, 5.41) is 0. The van der Waals surface area contributed by atoms with Crippen molar-refractivity contribution in [2.75, 3.05) is 6.61 Å². The second kappa shape index (κ2) is 12.5. The van der Waals surface area contributed by atoms with Crippen LogP contribution in [0, 0.1) is 5.92 Å². The summed E-state index contributed by atoms with van der Waals surface area (Å²) in [5.74, 6) is 0.694. The van der Waals surface area contributed by atoms with Gasteiger partial charge in [0.2, 0.25) is 0 Å². The van der Waals surface area contributed by atoms with Gasteiger partial charge in [0.05, 0.1) is 6.61 Å². The zero-order valence-electron chi connectivity index (χ0n) is 10.4. The maximum atomic E-state index is 9.82. The molecule has 0 aromatic carbocycles.